The van der Waals surface area contributed by atoms with E-state index in [-0.39, 0.29) is 5.88 Å². The number of ether oxygens (including phenoxy) is 1. The number of hydrogen-bond donors (Lipinski definition) is 2. The van der Waals surface area contributed by atoms with Gasteiger partial charge in [0.05, 0.1) is 18.4 Å². The van der Waals surface area contributed by atoms with Gasteiger partial charge in [0.2, 0.25) is 5.88 Å². The molecule has 0 atom stereocenters. The van der Waals surface area contributed by atoms with Crippen LogP contribution in [0.1, 0.15) is 11.4 Å². The Morgan fingerprint density at radius 3 is 2.68 bits per heavy atom. The lowest BCUT2D eigenvalue weighted by Crippen LogP contribution is -2.38. The molecule has 0 bridgehead atoms. The summed E-state index contributed by atoms with van der Waals surface area (Å²) in [7, 11) is 3.52. The molecule has 164 valence electrons. The Labute approximate surface area is 178 Å². The fraction of sp³-hybridized carbons (Fsp3) is 0.286. The second-order valence-electron chi connectivity index (χ2n) is 6.77. The van der Waals surface area contributed by atoms with E-state index in [0.717, 1.165) is 17.1 Å². The number of benzene rings is 1. The normalized spacial score (nSPS) is 12.0. The summed E-state index contributed by atoms with van der Waals surface area (Å²) in [5.41, 5.74) is 2.69. The quantitative estimate of drug-likeness (QED) is 0.441. The van der Waals surface area contributed by atoms with Gasteiger partial charge in [0.25, 0.3) is 0 Å². The molecular weight excluding hydrogens is 409 g/mol. The van der Waals surface area contributed by atoms with Crippen molar-refractivity contribution in [1.29, 1.82) is 0 Å². The molecule has 0 saturated heterocycles. The molecule has 0 amide bonds. The molecule has 10 heteroatoms. The van der Waals surface area contributed by atoms with E-state index < -0.39 is 12.8 Å². The first-order chi connectivity index (χ1) is 14.8. The monoisotopic (exact) mass is 432 g/mol. The molecule has 31 heavy (non-hydrogen) atoms. The van der Waals surface area contributed by atoms with Gasteiger partial charge in [0.1, 0.15) is 5.82 Å². The fourth-order valence-electron chi connectivity index (χ4n) is 2.87. The van der Waals surface area contributed by atoms with Crippen LogP contribution in [-0.2, 0) is 13.1 Å². The van der Waals surface area contributed by atoms with Gasteiger partial charge < -0.3 is 19.9 Å². The van der Waals surface area contributed by atoms with Crippen LogP contribution in [0.4, 0.5) is 13.2 Å². The second kappa shape index (κ2) is 9.96. The van der Waals surface area contributed by atoms with Gasteiger partial charge in [-0.15, -0.1) is 0 Å². The maximum atomic E-state index is 12.3. The minimum absolute atomic E-state index is 0.0796. The molecule has 2 N–H and O–H groups in total. The molecule has 0 aliphatic rings. The summed E-state index contributed by atoms with van der Waals surface area (Å²) in [4.78, 5) is 17.7. The van der Waals surface area contributed by atoms with Crippen LogP contribution in [0.3, 0.4) is 0 Å². The minimum atomic E-state index is -4.41. The smallest absolute Gasteiger partial charge is 0.422 e. The lowest BCUT2D eigenvalue weighted by atomic mass is 10.2. The van der Waals surface area contributed by atoms with Crippen molar-refractivity contribution in [2.75, 3.05) is 20.7 Å². The maximum Gasteiger partial charge on any atom is 0.422 e. The molecule has 0 unspecified atom stereocenters. The molecule has 0 saturated carbocycles. The average Bonchev–Trinajstić information content (AvgIpc) is 3.22. The zero-order chi connectivity index (χ0) is 22.3. The average molecular weight is 432 g/mol. The number of pyridine rings is 1. The number of guanidine groups is 1. The van der Waals surface area contributed by atoms with Crippen molar-refractivity contribution in [2.45, 2.75) is 19.3 Å². The van der Waals surface area contributed by atoms with Gasteiger partial charge in [-0.25, -0.2) is 9.97 Å². The Kier molecular flexibility index (Phi) is 7.11. The Balaban J connectivity index is 1.56. The third-order valence-electron chi connectivity index (χ3n) is 4.31. The number of halogens is 3. The predicted octanol–water partition coefficient (Wildman–Crippen LogP) is 3.62. The van der Waals surface area contributed by atoms with Gasteiger partial charge >= 0.3 is 6.18 Å². The summed E-state index contributed by atoms with van der Waals surface area (Å²) in [6.45, 7) is -0.548. The maximum absolute atomic E-state index is 12.3. The Hall–Kier alpha value is -3.56. The number of aromatic amines is 1. The number of nitrogens with one attached hydrogen (secondary N) is 2. The Bertz CT molecular complexity index is 1000. The summed E-state index contributed by atoms with van der Waals surface area (Å²) in [5, 5.41) is 3.17. The number of rotatable bonds is 7. The second-order valence-corrected chi connectivity index (χ2v) is 6.77. The number of hydrogen-bond acceptors (Lipinski definition) is 4. The predicted molar refractivity (Wildman–Crippen MR) is 111 cm³/mol. The molecule has 0 spiro atoms. The highest BCUT2D eigenvalue weighted by Gasteiger charge is 2.28. The van der Waals surface area contributed by atoms with Crippen molar-refractivity contribution in [3.8, 4) is 17.1 Å². The molecule has 0 fully saturated rings. The van der Waals surface area contributed by atoms with Crippen molar-refractivity contribution in [1.82, 2.24) is 25.2 Å². The summed E-state index contributed by atoms with van der Waals surface area (Å²) < 4.78 is 41.6. The third kappa shape index (κ3) is 6.73. The SMILES string of the molecule is CN=C(NCc1ccnc(OCC(F)(F)F)c1)N(C)Cc1ncc(-c2ccccc2)[nH]1. The molecule has 7 nitrogen and oxygen atoms in total. The Morgan fingerprint density at radius 2 is 1.97 bits per heavy atom. The lowest BCUT2D eigenvalue weighted by Gasteiger charge is -2.21. The van der Waals surface area contributed by atoms with Crippen LogP contribution in [0.5, 0.6) is 5.88 Å². The highest BCUT2D eigenvalue weighted by molar-refractivity contribution is 5.79. The van der Waals surface area contributed by atoms with E-state index in [0.29, 0.717) is 24.6 Å². The number of aliphatic imine (C=N–C) groups is 1. The van der Waals surface area contributed by atoms with E-state index in [4.69, 9.17) is 4.74 Å². The standard InChI is InChI=1S/C21H23F3N6O/c1-25-20(28-11-15-8-9-26-19(10-15)31-14-21(22,23)24)30(2)13-18-27-12-17(29-18)16-6-4-3-5-7-16/h3-10,12H,11,13-14H2,1-2H3,(H,25,28)(H,27,29). The molecular formula is C21H23F3N6O. The van der Waals surface area contributed by atoms with Gasteiger partial charge in [0, 0.05) is 32.9 Å². The fourth-order valence-corrected chi connectivity index (χ4v) is 2.87. The largest absolute Gasteiger partial charge is 0.468 e. The zero-order valence-corrected chi connectivity index (χ0v) is 17.1. The van der Waals surface area contributed by atoms with E-state index in [2.05, 4.69) is 25.3 Å². The molecule has 2 aromatic heterocycles. The van der Waals surface area contributed by atoms with Crippen molar-refractivity contribution in [3.63, 3.8) is 0 Å². The summed E-state index contributed by atoms with van der Waals surface area (Å²) in [6, 6.07) is 13.0. The number of aromatic nitrogens is 3. The molecule has 0 aliphatic carbocycles. The summed E-state index contributed by atoms with van der Waals surface area (Å²) >= 11 is 0. The van der Waals surface area contributed by atoms with Gasteiger partial charge in [-0.1, -0.05) is 30.3 Å². The van der Waals surface area contributed by atoms with Crippen LogP contribution in [-0.4, -0.2) is 52.7 Å². The van der Waals surface area contributed by atoms with E-state index in [1.807, 2.05) is 42.3 Å². The van der Waals surface area contributed by atoms with Crippen LogP contribution in [0, 0.1) is 0 Å². The topological polar surface area (TPSA) is 78.4 Å². The molecule has 3 aromatic rings. The number of nitrogens with zero attached hydrogens (tertiary/aromatic N) is 4. The van der Waals surface area contributed by atoms with Crippen LogP contribution < -0.4 is 10.1 Å². The number of imidazole rings is 1. The van der Waals surface area contributed by atoms with Crippen LogP contribution in [0.15, 0.2) is 59.9 Å². The molecule has 1 aromatic carbocycles. The van der Waals surface area contributed by atoms with Crippen LogP contribution in [0.25, 0.3) is 11.3 Å². The van der Waals surface area contributed by atoms with Crippen molar-refractivity contribution in [2.24, 2.45) is 4.99 Å². The molecule has 0 aliphatic heterocycles. The van der Waals surface area contributed by atoms with E-state index in [1.54, 1.807) is 19.3 Å². The van der Waals surface area contributed by atoms with Gasteiger partial charge in [0.15, 0.2) is 12.6 Å². The Morgan fingerprint density at radius 1 is 1.19 bits per heavy atom. The van der Waals surface area contributed by atoms with Crippen LogP contribution >= 0.6 is 0 Å². The summed E-state index contributed by atoms with van der Waals surface area (Å²) in [5.74, 6) is 1.30. The zero-order valence-electron chi connectivity index (χ0n) is 17.1. The highest BCUT2D eigenvalue weighted by Crippen LogP contribution is 2.18. The molecule has 2 heterocycles. The summed E-state index contributed by atoms with van der Waals surface area (Å²) in [6.07, 6.45) is -1.22. The third-order valence-corrected chi connectivity index (χ3v) is 4.31. The van der Waals surface area contributed by atoms with Gasteiger partial charge in [-0.3, -0.25) is 4.99 Å². The first-order valence-corrected chi connectivity index (χ1v) is 9.49. The molecule has 3 rings (SSSR count). The first kappa shape index (κ1) is 22.1. The van der Waals surface area contributed by atoms with Crippen LogP contribution in [0.2, 0.25) is 0 Å². The van der Waals surface area contributed by atoms with Gasteiger partial charge in [-0.2, -0.15) is 13.2 Å². The minimum Gasteiger partial charge on any atom is -0.468 e. The lowest BCUT2D eigenvalue weighted by molar-refractivity contribution is -0.154. The first-order valence-electron chi connectivity index (χ1n) is 9.49. The molecule has 0 radical (unpaired) electrons. The van der Waals surface area contributed by atoms with Crippen molar-refractivity contribution >= 4 is 5.96 Å². The van der Waals surface area contributed by atoms with Gasteiger partial charge in [-0.05, 0) is 17.2 Å². The highest BCUT2D eigenvalue weighted by atomic mass is 19.4. The number of alkyl halides is 3. The van der Waals surface area contributed by atoms with Crippen molar-refractivity contribution < 1.29 is 17.9 Å². The van der Waals surface area contributed by atoms with E-state index >= 15 is 0 Å². The van der Waals surface area contributed by atoms with E-state index in [1.165, 1.54) is 12.3 Å². The van der Waals surface area contributed by atoms with Crippen molar-refractivity contribution in [3.05, 3.63) is 66.2 Å². The van der Waals surface area contributed by atoms with E-state index in [9.17, 15) is 13.2 Å². The number of H-pyrrole nitrogens is 1.